The Hall–Kier alpha value is -2.89. The first-order chi connectivity index (χ1) is 9.99. The predicted octanol–water partition coefficient (Wildman–Crippen LogP) is 1.80. The Morgan fingerprint density at radius 2 is 1.81 bits per heavy atom. The van der Waals surface area contributed by atoms with Crippen LogP contribution in [-0.4, -0.2) is 25.3 Å². The van der Waals surface area contributed by atoms with Gasteiger partial charge in [0.05, 0.1) is 11.4 Å². The van der Waals surface area contributed by atoms with Crippen LogP contribution in [0.2, 0.25) is 0 Å². The van der Waals surface area contributed by atoms with Gasteiger partial charge >= 0.3 is 5.97 Å². The van der Waals surface area contributed by atoms with Gasteiger partial charge in [-0.15, -0.1) is 0 Å². The summed E-state index contributed by atoms with van der Waals surface area (Å²) in [6, 6.07) is 9.25. The van der Waals surface area contributed by atoms with Crippen LogP contribution in [0.15, 0.2) is 41.3 Å². The Labute approximate surface area is 119 Å². The van der Waals surface area contributed by atoms with Crippen LogP contribution < -0.4 is 5.56 Å². The molecule has 1 aromatic carbocycles. The van der Waals surface area contributed by atoms with Gasteiger partial charge in [0, 0.05) is 12.3 Å². The molecule has 0 bridgehead atoms. The summed E-state index contributed by atoms with van der Waals surface area (Å²) < 4.78 is 2.86. The summed E-state index contributed by atoms with van der Waals surface area (Å²) in [5.41, 5.74) is 1.61. The lowest BCUT2D eigenvalue weighted by Gasteiger charge is -2.08. The van der Waals surface area contributed by atoms with Crippen LogP contribution in [0.25, 0.3) is 11.3 Å². The fraction of sp³-hybridized carbons (Fsp3) is 0.133. The largest absolute Gasteiger partial charge is 0.477 e. The number of aromatic carboxylic acids is 1. The van der Waals surface area contributed by atoms with Crippen molar-refractivity contribution in [2.75, 3.05) is 0 Å². The topological polar surface area (TPSA) is 76.6 Å². The van der Waals surface area contributed by atoms with Crippen LogP contribution in [0.1, 0.15) is 21.6 Å². The first kappa shape index (κ1) is 13.1. The van der Waals surface area contributed by atoms with Crippen molar-refractivity contribution in [2.24, 2.45) is 0 Å². The van der Waals surface area contributed by atoms with E-state index in [1.54, 1.807) is 16.9 Å². The number of hydrogen-bond donors (Lipinski definition) is 1. The minimum Gasteiger partial charge on any atom is -0.477 e. The number of aromatic nitrogens is 3. The number of hydrogen-bond acceptors (Lipinski definition) is 3. The van der Waals surface area contributed by atoms with E-state index in [1.807, 2.05) is 31.2 Å². The van der Waals surface area contributed by atoms with E-state index < -0.39 is 11.5 Å². The maximum Gasteiger partial charge on any atom is 0.343 e. The standard InChI is InChI=1S/C15H13N3O3/c1-9-3-5-11(6-4-9)17-8-7-12-16-10(2)13(15(20)21)14(19)18(12)17/h3-8H,1-2H3,(H,20,21). The van der Waals surface area contributed by atoms with Crippen LogP contribution in [0, 0.1) is 13.8 Å². The summed E-state index contributed by atoms with van der Waals surface area (Å²) >= 11 is 0. The van der Waals surface area contributed by atoms with Gasteiger partial charge in [0.25, 0.3) is 5.56 Å². The molecular weight excluding hydrogens is 270 g/mol. The normalized spacial score (nSPS) is 11.0. The molecule has 0 fully saturated rings. The van der Waals surface area contributed by atoms with Crippen LogP contribution in [0.4, 0.5) is 0 Å². The summed E-state index contributed by atoms with van der Waals surface area (Å²) in [6.07, 6.45) is 1.69. The second kappa shape index (κ2) is 4.59. The van der Waals surface area contributed by atoms with E-state index in [-0.39, 0.29) is 11.3 Å². The van der Waals surface area contributed by atoms with E-state index in [4.69, 9.17) is 0 Å². The number of carbonyl (C=O) groups is 1. The third kappa shape index (κ3) is 2.01. The predicted molar refractivity (Wildman–Crippen MR) is 77.2 cm³/mol. The maximum atomic E-state index is 12.4. The molecule has 0 aliphatic heterocycles. The summed E-state index contributed by atoms with van der Waals surface area (Å²) in [7, 11) is 0. The average molecular weight is 283 g/mol. The van der Waals surface area contributed by atoms with E-state index in [2.05, 4.69) is 4.98 Å². The molecule has 21 heavy (non-hydrogen) atoms. The van der Waals surface area contributed by atoms with Crippen LogP contribution in [-0.2, 0) is 0 Å². The molecule has 0 spiro atoms. The van der Waals surface area contributed by atoms with Crippen molar-refractivity contribution in [1.82, 2.24) is 14.2 Å². The summed E-state index contributed by atoms with van der Waals surface area (Å²) in [5.74, 6) is -1.27. The molecule has 2 heterocycles. The molecule has 0 amide bonds. The minimum atomic E-state index is -1.27. The number of carboxylic acid groups (broad SMARTS) is 1. The number of aryl methyl sites for hydroxylation is 2. The molecule has 0 atom stereocenters. The molecule has 3 rings (SSSR count). The zero-order valence-corrected chi connectivity index (χ0v) is 11.6. The highest BCUT2D eigenvalue weighted by Gasteiger charge is 2.18. The van der Waals surface area contributed by atoms with Gasteiger partial charge in [-0.3, -0.25) is 9.48 Å². The second-order valence-corrected chi connectivity index (χ2v) is 4.85. The highest BCUT2D eigenvalue weighted by Crippen LogP contribution is 2.12. The highest BCUT2D eigenvalue weighted by atomic mass is 16.4. The fourth-order valence-electron chi connectivity index (χ4n) is 2.31. The van der Waals surface area contributed by atoms with Gasteiger partial charge < -0.3 is 5.11 Å². The van der Waals surface area contributed by atoms with Gasteiger partial charge in [-0.2, -0.15) is 4.52 Å². The Morgan fingerprint density at radius 1 is 1.14 bits per heavy atom. The van der Waals surface area contributed by atoms with Crippen LogP contribution in [0.5, 0.6) is 0 Å². The molecule has 0 radical (unpaired) electrons. The molecule has 106 valence electrons. The van der Waals surface area contributed by atoms with Crippen molar-refractivity contribution >= 4 is 11.6 Å². The van der Waals surface area contributed by atoms with E-state index >= 15 is 0 Å². The number of nitrogens with zero attached hydrogens (tertiary/aromatic N) is 3. The van der Waals surface area contributed by atoms with Crippen molar-refractivity contribution in [3.63, 3.8) is 0 Å². The van der Waals surface area contributed by atoms with Crippen molar-refractivity contribution in [3.8, 4) is 5.69 Å². The molecule has 0 unspecified atom stereocenters. The van der Waals surface area contributed by atoms with Crippen molar-refractivity contribution in [3.05, 3.63) is 63.7 Å². The van der Waals surface area contributed by atoms with Crippen molar-refractivity contribution in [1.29, 1.82) is 0 Å². The lowest BCUT2D eigenvalue weighted by Crippen LogP contribution is -2.28. The minimum absolute atomic E-state index is 0.217. The number of fused-ring (bicyclic) bond motifs is 1. The van der Waals surface area contributed by atoms with E-state index in [0.29, 0.717) is 5.65 Å². The molecular formula is C15H13N3O3. The zero-order chi connectivity index (χ0) is 15.1. The Kier molecular flexibility index (Phi) is 2.86. The van der Waals surface area contributed by atoms with Crippen LogP contribution in [0.3, 0.4) is 0 Å². The van der Waals surface area contributed by atoms with Gasteiger partial charge in [0.1, 0.15) is 5.56 Å². The Bertz CT molecular complexity index is 904. The molecule has 1 N–H and O–H groups in total. The van der Waals surface area contributed by atoms with E-state index in [0.717, 1.165) is 11.3 Å². The molecule has 6 nitrogen and oxygen atoms in total. The average Bonchev–Trinajstić information content (AvgIpc) is 2.83. The van der Waals surface area contributed by atoms with Crippen LogP contribution >= 0.6 is 0 Å². The monoisotopic (exact) mass is 283 g/mol. The highest BCUT2D eigenvalue weighted by molar-refractivity contribution is 5.88. The third-order valence-electron chi connectivity index (χ3n) is 3.36. The summed E-state index contributed by atoms with van der Waals surface area (Å²) in [4.78, 5) is 27.9. The molecule has 3 aromatic rings. The SMILES string of the molecule is Cc1ccc(-n2ccc3nc(C)c(C(=O)O)c(=O)n32)cc1. The molecule has 6 heteroatoms. The smallest absolute Gasteiger partial charge is 0.343 e. The fourth-order valence-corrected chi connectivity index (χ4v) is 2.31. The molecule has 2 aromatic heterocycles. The van der Waals surface area contributed by atoms with Gasteiger partial charge in [-0.1, -0.05) is 17.7 Å². The molecule has 0 aliphatic rings. The number of rotatable bonds is 2. The number of carboxylic acids is 1. The Morgan fingerprint density at radius 3 is 2.43 bits per heavy atom. The quantitative estimate of drug-likeness (QED) is 0.778. The van der Waals surface area contributed by atoms with Gasteiger partial charge in [0.15, 0.2) is 5.65 Å². The second-order valence-electron chi connectivity index (χ2n) is 4.85. The maximum absolute atomic E-state index is 12.4. The molecule has 0 aliphatic carbocycles. The third-order valence-corrected chi connectivity index (χ3v) is 3.36. The summed E-state index contributed by atoms with van der Waals surface area (Å²) in [6.45, 7) is 3.49. The van der Waals surface area contributed by atoms with E-state index in [1.165, 1.54) is 11.4 Å². The van der Waals surface area contributed by atoms with Gasteiger partial charge in [0.2, 0.25) is 0 Å². The van der Waals surface area contributed by atoms with Crippen molar-refractivity contribution in [2.45, 2.75) is 13.8 Å². The van der Waals surface area contributed by atoms with Gasteiger partial charge in [-0.25, -0.2) is 9.78 Å². The lowest BCUT2D eigenvalue weighted by molar-refractivity contribution is 0.0693. The first-order valence-electron chi connectivity index (χ1n) is 6.40. The Balaban J connectivity index is 2.36. The van der Waals surface area contributed by atoms with E-state index in [9.17, 15) is 14.7 Å². The van der Waals surface area contributed by atoms with Crippen molar-refractivity contribution < 1.29 is 9.90 Å². The first-order valence-corrected chi connectivity index (χ1v) is 6.40. The van der Waals surface area contributed by atoms with Gasteiger partial charge in [-0.05, 0) is 26.0 Å². The zero-order valence-electron chi connectivity index (χ0n) is 11.6. The summed E-state index contributed by atoms with van der Waals surface area (Å²) in [5, 5.41) is 9.18. The molecule has 0 saturated carbocycles. The number of benzene rings is 1. The molecule has 0 saturated heterocycles. The lowest BCUT2D eigenvalue weighted by atomic mass is 10.2.